The average Bonchev–Trinajstić information content (AvgIpc) is 2.61. The van der Waals surface area contributed by atoms with Gasteiger partial charge >= 0.3 is 3.93 Å². The summed E-state index contributed by atoms with van der Waals surface area (Å²) in [4.78, 5) is 0. The maximum Gasteiger partial charge on any atom is 0.310 e. The number of halogens is 3. The van der Waals surface area contributed by atoms with Gasteiger partial charge in [0, 0.05) is 0 Å². The molecule has 0 nitrogen and oxygen atoms in total. The minimum Gasteiger partial charge on any atom is -0.194 e. The molecule has 24 heavy (non-hydrogen) atoms. The van der Waals surface area contributed by atoms with E-state index in [0.29, 0.717) is 17.5 Å². The fourth-order valence-electron chi connectivity index (χ4n) is 3.81. The molecule has 3 heteroatoms. The first-order valence-electron chi connectivity index (χ1n) is 7.84. The van der Waals surface area contributed by atoms with Crippen molar-refractivity contribution in [3.63, 3.8) is 0 Å². The molecule has 1 aliphatic rings. The lowest BCUT2D eigenvalue weighted by Crippen LogP contribution is -2.46. The van der Waals surface area contributed by atoms with Crippen LogP contribution in [0.2, 0.25) is 0 Å². The highest BCUT2D eigenvalue weighted by Crippen LogP contribution is 2.56. The van der Waals surface area contributed by atoms with E-state index in [9.17, 15) is 0 Å². The standard InChI is InChI=1S/C21H15F2I/c22-21(23,24)20(16-9-2-1-3-10-16)14-15-8-4-5-11-17(15)18-12-6-7-13-19(18)20/h1-13H,14H2. The van der Waals surface area contributed by atoms with Gasteiger partial charge in [-0.25, -0.2) is 0 Å². The van der Waals surface area contributed by atoms with E-state index in [1.807, 2.05) is 78.9 Å². The Morgan fingerprint density at radius 3 is 2.04 bits per heavy atom. The first kappa shape index (κ1) is 15.8. The Morgan fingerprint density at radius 2 is 1.33 bits per heavy atom. The second-order valence-corrected chi connectivity index (χ2v) is 7.50. The van der Waals surface area contributed by atoms with Gasteiger partial charge in [0.05, 0.1) is 5.41 Å². The van der Waals surface area contributed by atoms with Crippen molar-refractivity contribution in [3.8, 4) is 11.1 Å². The van der Waals surface area contributed by atoms with E-state index in [4.69, 9.17) is 0 Å². The largest absolute Gasteiger partial charge is 0.310 e. The summed E-state index contributed by atoms with van der Waals surface area (Å²) in [5.74, 6) is 0. The van der Waals surface area contributed by atoms with Crippen LogP contribution in [0.25, 0.3) is 11.1 Å². The van der Waals surface area contributed by atoms with E-state index in [1.54, 1.807) is 0 Å². The molecule has 0 heterocycles. The highest BCUT2D eigenvalue weighted by Gasteiger charge is 2.56. The molecule has 120 valence electrons. The van der Waals surface area contributed by atoms with Crippen LogP contribution < -0.4 is 0 Å². The molecule has 1 atom stereocenters. The Labute approximate surface area is 153 Å². The molecule has 0 amide bonds. The van der Waals surface area contributed by atoms with Crippen molar-refractivity contribution in [1.82, 2.24) is 0 Å². The van der Waals surface area contributed by atoms with Crippen LogP contribution in [0, 0.1) is 0 Å². The summed E-state index contributed by atoms with van der Waals surface area (Å²) in [6.07, 6.45) is 0.292. The quantitative estimate of drug-likeness (QED) is 0.333. The lowest BCUT2D eigenvalue weighted by molar-refractivity contribution is 0.0507. The van der Waals surface area contributed by atoms with Crippen molar-refractivity contribution in [2.75, 3.05) is 0 Å². The Kier molecular flexibility index (Phi) is 3.71. The van der Waals surface area contributed by atoms with E-state index >= 15 is 8.78 Å². The lowest BCUT2D eigenvalue weighted by Gasteiger charge is -2.43. The number of fused-ring (bicyclic) bond motifs is 3. The van der Waals surface area contributed by atoms with Gasteiger partial charge in [-0.05, 0) is 56.8 Å². The highest BCUT2D eigenvalue weighted by molar-refractivity contribution is 14.1. The van der Waals surface area contributed by atoms with Crippen LogP contribution in [0.1, 0.15) is 16.7 Å². The summed E-state index contributed by atoms with van der Waals surface area (Å²) in [5, 5.41) is 0. The smallest absolute Gasteiger partial charge is 0.194 e. The molecule has 1 unspecified atom stereocenters. The zero-order valence-corrected chi connectivity index (χ0v) is 15.0. The van der Waals surface area contributed by atoms with E-state index in [-0.39, 0.29) is 0 Å². The summed E-state index contributed by atoms with van der Waals surface area (Å²) in [6, 6.07) is 24.6. The Hall–Kier alpha value is -1.75. The molecular weight excluding hydrogens is 417 g/mol. The normalized spacial score (nSPS) is 19.5. The monoisotopic (exact) mass is 432 g/mol. The third-order valence-electron chi connectivity index (χ3n) is 4.90. The van der Waals surface area contributed by atoms with Crippen molar-refractivity contribution in [2.24, 2.45) is 0 Å². The Bertz CT molecular complexity index is 884. The number of rotatable bonds is 2. The van der Waals surface area contributed by atoms with Gasteiger partial charge in [-0.15, -0.1) is 0 Å². The highest BCUT2D eigenvalue weighted by atomic mass is 127. The Balaban J connectivity index is 2.10. The molecule has 1 aliphatic carbocycles. The third-order valence-corrected chi connectivity index (χ3v) is 5.82. The molecule has 3 aromatic carbocycles. The summed E-state index contributed by atoms with van der Waals surface area (Å²) >= 11 is 1.31. The van der Waals surface area contributed by atoms with Gasteiger partial charge in [0.25, 0.3) is 0 Å². The molecule has 0 saturated carbocycles. The summed E-state index contributed by atoms with van der Waals surface area (Å²) in [7, 11) is 0. The maximum atomic E-state index is 15.1. The van der Waals surface area contributed by atoms with Crippen molar-refractivity contribution in [3.05, 3.63) is 95.6 Å². The average molecular weight is 432 g/mol. The van der Waals surface area contributed by atoms with Gasteiger partial charge in [0.15, 0.2) is 0 Å². The SMILES string of the molecule is FC(F)(I)C1(c2ccccc2)Cc2ccccc2-c2ccccc21. The van der Waals surface area contributed by atoms with Crippen molar-refractivity contribution >= 4 is 22.6 Å². The van der Waals surface area contributed by atoms with Gasteiger partial charge in [-0.1, -0.05) is 78.9 Å². The van der Waals surface area contributed by atoms with E-state index < -0.39 is 9.34 Å². The lowest BCUT2D eigenvalue weighted by atomic mass is 9.64. The Morgan fingerprint density at radius 1 is 0.750 bits per heavy atom. The molecule has 4 rings (SSSR count). The molecular formula is C21H15F2I. The van der Waals surface area contributed by atoms with Gasteiger partial charge in [0.1, 0.15) is 0 Å². The number of alkyl halides is 3. The molecule has 0 fully saturated rings. The van der Waals surface area contributed by atoms with Crippen molar-refractivity contribution < 1.29 is 8.78 Å². The zero-order valence-electron chi connectivity index (χ0n) is 12.8. The number of hydrogen-bond acceptors (Lipinski definition) is 0. The van der Waals surface area contributed by atoms with E-state index in [0.717, 1.165) is 16.7 Å². The van der Waals surface area contributed by atoms with Gasteiger partial charge in [-0.2, -0.15) is 8.78 Å². The molecule has 0 radical (unpaired) electrons. The van der Waals surface area contributed by atoms with Crippen LogP contribution in [-0.2, 0) is 11.8 Å². The summed E-state index contributed by atoms with van der Waals surface area (Å²) < 4.78 is 27.3. The zero-order chi connectivity index (χ0) is 16.8. The van der Waals surface area contributed by atoms with Crippen molar-refractivity contribution in [1.29, 1.82) is 0 Å². The molecule has 0 aromatic heterocycles. The number of benzene rings is 3. The molecule has 0 saturated heterocycles. The molecule has 0 aliphatic heterocycles. The first-order chi connectivity index (χ1) is 11.5. The summed E-state index contributed by atoms with van der Waals surface area (Å²) in [6.45, 7) is 0. The van der Waals surface area contributed by atoms with Gasteiger partial charge in [0.2, 0.25) is 0 Å². The topological polar surface area (TPSA) is 0 Å². The molecule has 3 aromatic rings. The van der Waals surface area contributed by atoms with Crippen LogP contribution in [-0.4, -0.2) is 3.93 Å². The summed E-state index contributed by atoms with van der Waals surface area (Å²) in [5.41, 5.74) is 2.93. The minimum absolute atomic E-state index is 0.292. The second-order valence-electron chi connectivity index (χ2n) is 6.15. The van der Waals surface area contributed by atoms with E-state index in [1.165, 1.54) is 22.6 Å². The number of hydrogen-bond donors (Lipinski definition) is 0. The van der Waals surface area contributed by atoms with Crippen LogP contribution in [0.5, 0.6) is 0 Å². The molecule has 0 spiro atoms. The van der Waals surface area contributed by atoms with E-state index in [2.05, 4.69) is 0 Å². The maximum absolute atomic E-state index is 15.1. The fraction of sp³-hybridized carbons (Fsp3) is 0.143. The van der Waals surface area contributed by atoms with Crippen LogP contribution in [0.3, 0.4) is 0 Å². The van der Waals surface area contributed by atoms with Gasteiger partial charge in [-0.3, -0.25) is 0 Å². The second kappa shape index (κ2) is 5.66. The fourth-order valence-corrected chi connectivity index (χ4v) is 4.60. The third kappa shape index (κ3) is 2.21. The first-order valence-corrected chi connectivity index (χ1v) is 8.92. The predicted octanol–water partition coefficient (Wildman–Crippen LogP) is 6.22. The molecule has 0 N–H and O–H groups in total. The van der Waals surface area contributed by atoms with Crippen LogP contribution >= 0.6 is 22.6 Å². The van der Waals surface area contributed by atoms with Crippen LogP contribution in [0.4, 0.5) is 8.78 Å². The predicted molar refractivity (Wildman–Crippen MR) is 102 cm³/mol. The van der Waals surface area contributed by atoms with Crippen LogP contribution in [0.15, 0.2) is 78.9 Å². The molecule has 0 bridgehead atoms. The minimum atomic E-state index is -2.92. The van der Waals surface area contributed by atoms with Crippen molar-refractivity contribution in [2.45, 2.75) is 15.8 Å². The van der Waals surface area contributed by atoms with Gasteiger partial charge < -0.3 is 0 Å².